The van der Waals surface area contributed by atoms with Crippen LogP contribution in [0.1, 0.15) is 13.8 Å². The van der Waals surface area contributed by atoms with Gasteiger partial charge in [-0.3, -0.25) is 9.59 Å². The summed E-state index contributed by atoms with van der Waals surface area (Å²) in [6, 6.07) is 1.05. The molecule has 1 aromatic heterocycles. The lowest BCUT2D eigenvalue weighted by Gasteiger charge is -2.19. The van der Waals surface area contributed by atoms with Crippen LogP contribution < -0.4 is 5.56 Å². The minimum absolute atomic E-state index is 0.0812. The van der Waals surface area contributed by atoms with Gasteiger partial charge in [0.25, 0.3) is 5.56 Å². The third-order valence-electron chi connectivity index (χ3n) is 2.43. The van der Waals surface area contributed by atoms with E-state index in [1.165, 1.54) is 0 Å². The average Bonchev–Trinajstić information content (AvgIpc) is 2.39. The van der Waals surface area contributed by atoms with Crippen molar-refractivity contribution in [1.29, 1.82) is 0 Å². The molecule has 20 heavy (non-hydrogen) atoms. The van der Waals surface area contributed by atoms with Crippen molar-refractivity contribution in [2.75, 3.05) is 19.7 Å². The van der Waals surface area contributed by atoms with Gasteiger partial charge in [0.1, 0.15) is 11.6 Å². The molecule has 0 aliphatic rings. The Morgan fingerprint density at radius 3 is 2.60 bits per heavy atom. The molecule has 9 heteroatoms. The molecular weight excluding hydrogens is 308 g/mol. The van der Waals surface area contributed by atoms with Gasteiger partial charge in [0.15, 0.2) is 0 Å². The highest BCUT2D eigenvalue weighted by Crippen LogP contribution is 2.16. The molecule has 0 unspecified atom stereocenters. The highest BCUT2D eigenvalue weighted by molar-refractivity contribution is 7.89. The number of likely N-dealkylation sites (N-methyl/N-ethyl adjacent to an activating group) is 1. The molecule has 112 valence electrons. The van der Waals surface area contributed by atoms with Gasteiger partial charge in [-0.1, -0.05) is 18.5 Å². The van der Waals surface area contributed by atoms with Crippen molar-refractivity contribution in [3.8, 4) is 0 Å². The Bertz CT molecular complexity index is 640. The predicted octanol–water partition coefficient (Wildman–Crippen LogP) is 0.602. The summed E-state index contributed by atoms with van der Waals surface area (Å²) in [6.45, 7) is 3.07. The Morgan fingerprint density at radius 1 is 1.45 bits per heavy atom. The number of hydrogen-bond acceptors (Lipinski definition) is 5. The zero-order valence-corrected chi connectivity index (χ0v) is 12.6. The summed E-state index contributed by atoms with van der Waals surface area (Å²) in [6.07, 6.45) is 1.04. The van der Waals surface area contributed by atoms with Gasteiger partial charge in [-0.25, -0.2) is 8.42 Å². The molecule has 0 aliphatic heterocycles. The van der Waals surface area contributed by atoms with Crippen LogP contribution >= 0.6 is 11.6 Å². The normalized spacial score (nSPS) is 11.6. The maximum Gasteiger partial charge on any atom is 0.321 e. The molecule has 0 amide bonds. The summed E-state index contributed by atoms with van der Waals surface area (Å²) in [5.74, 6) is -0.645. The van der Waals surface area contributed by atoms with Crippen LogP contribution in [0, 0.1) is 0 Å². The highest BCUT2D eigenvalue weighted by atomic mass is 35.5. The quantitative estimate of drug-likeness (QED) is 0.774. The number of esters is 1. The molecule has 0 spiro atoms. The Morgan fingerprint density at radius 2 is 2.10 bits per heavy atom. The number of ether oxygens (including phenoxy) is 1. The van der Waals surface area contributed by atoms with E-state index >= 15 is 0 Å². The summed E-state index contributed by atoms with van der Waals surface area (Å²) in [5, 5.41) is -0.238. The first-order chi connectivity index (χ1) is 9.32. The van der Waals surface area contributed by atoms with Gasteiger partial charge < -0.3 is 9.72 Å². The van der Waals surface area contributed by atoms with E-state index in [1.54, 1.807) is 13.8 Å². The Hall–Kier alpha value is -1.38. The van der Waals surface area contributed by atoms with E-state index in [0.717, 1.165) is 16.6 Å². The third-order valence-corrected chi connectivity index (χ3v) is 4.61. The zero-order valence-electron chi connectivity index (χ0n) is 11.1. The van der Waals surface area contributed by atoms with E-state index in [-0.39, 0.29) is 23.1 Å². The molecule has 0 fully saturated rings. The number of hydrogen-bond donors (Lipinski definition) is 1. The van der Waals surface area contributed by atoms with Crippen LogP contribution in [0.15, 0.2) is 22.0 Å². The van der Waals surface area contributed by atoms with E-state index in [9.17, 15) is 18.0 Å². The third kappa shape index (κ3) is 3.81. The van der Waals surface area contributed by atoms with Gasteiger partial charge in [-0.05, 0) is 13.0 Å². The van der Waals surface area contributed by atoms with E-state index in [1.807, 2.05) is 0 Å². The van der Waals surface area contributed by atoms with Crippen molar-refractivity contribution in [3.63, 3.8) is 0 Å². The fourth-order valence-corrected chi connectivity index (χ4v) is 3.08. The van der Waals surface area contributed by atoms with E-state index in [4.69, 9.17) is 16.3 Å². The van der Waals surface area contributed by atoms with Crippen molar-refractivity contribution in [1.82, 2.24) is 9.29 Å². The SMILES string of the molecule is CCOC(=O)CN(CC)S(=O)(=O)c1c[nH]c(=O)c(Cl)c1. The first-order valence-electron chi connectivity index (χ1n) is 5.86. The molecule has 0 radical (unpaired) electrons. The van der Waals surface area contributed by atoms with Crippen molar-refractivity contribution in [2.24, 2.45) is 0 Å². The van der Waals surface area contributed by atoms with Gasteiger partial charge in [0.05, 0.1) is 11.5 Å². The monoisotopic (exact) mass is 322 g/mol. The molecule has 7 nitrogen and oxygen atoms in total. The molecule has 0 saturated carbocycles. The molecule has 0 aromatic carbocycles. The number of halogens is 1. The lowest BCUT2D eigenvalue weighted by Crippen LogP contribution is -2.36. The van der Waals surface area contributed by atoms with Crippen molar-refractivity contribution >= 4 is 27.6 Å². The lowest BCUT2D eigenvalue weighted by atomic mass is 10.5. The predicted molar refractivity (Wildman–Crippen MR) is 73.1 cm³/mol. The fourth-order valence-electron chi connectivity index (χ4n) is 1.45. The number of carbonyl (C=O) groups excluding carboxylic acids is 1. The Kier molecular flexibility index (Phi) is 5.73. The average molecular weight is 323 g/mol. The Balaban J connectivity index is 3.08. The number of nitrogens with zero attached hydrogens (tertiary/aromatic N) is 1. The van der Waals surface area contributed by atoms with Gasteiger partial charge >= 0.3 is 5.97 Å². The number of H-pyrrole nitrogens is 1. The molecule has 0 bridgehead atoms. The number of aromatic nitrogens is 1. The second-order valence-corrected chi connectivity index (χ2v) is 6.09. The second kappa shape index (κ2) is 6.87. The van der Waals surface area contributed by atoms with Crippen LogP contribution in [0.2, 0.25) is 5.02 Å². The molecule has 1 rings (SSSR count). The molecule has 1 N–H and O–H groups in total. The van der Waals surface area contributed by atoms with E-state index in [2.05, 4.69) is 4.98 Å². The number of nitrogens with one attached hydrogen (secondary N) is 1. The van der Waals surface area contributed by atoms with Crippen LogP contribution in [0.5, 0.6) is 0 Å². The molecule has 0 saturated heterocycles. The lowest BCUT2D eigenvalue weighted by molar-refractivity contribution is -0.143. The number of sulfonamides is 1. The summed E-state index contributed by atoms with van der Waals surface area (Å²) in [4.78, 5) is 24.6. The molecule has 0 atom stereocenters. The topological polar surface area (TPSA) is 96.5 Å². The summed E-state index contributed by atoms with van der Waals surface area (Å²) in [5.41, 5.74) is -0.584. The summed E-state index contributed by atoms with van der Waals surface area (Å²) < 4.78 is 30.3. The minimum Gasteiger partial charge on any atom is -0.465 e. The van der Waals surface area contributed by atoms with Crippen LogP contribution in [-0.4, -0.2) is 43.4 Å². The zero-order chi connectivity index (χ0) is 15.3. The van der Waals surface area contributed by atoms with E-state index in [0.29, 0.717) is 0 Å². The van der Waals surface area contributed by atoms with Crippen molar-refractivity contribution < 1.29 is 17.9 Å². The fraction of sp³-hybridized carbons (Fsp3) is 0.455. The maximum atomic E-state index is 12.3. The van der Waals surface area contributed by atoms with Gasteiger partial charge in [-0.2, -0.15) is 4.31 Å². The molecule has 0 aliphatic carbocycles. The summed E-state index contributed by atoms with van der Waals surface area (Å²) in [7, 11) is -3.93. The standard InChI is InChI=1S/C11H15ClN2O5S/c1-3-14(7-10(15)19-4-2)20(17,18)8-5-9(12)11(16)13-6-8/h5-6H,3-4,7H2,1-2H3,(H,13,16). The molecular formula is C11H15ClN2O5S. The highest BCUT2D eigenvalue weighted by Gasteiger charge is 2.26. The molecule has 1 aromatic rings. The van der Waals surface area contributed by atoms with Crippen molar-refractivity contribution in [3.05, 3.63) is 27.6 Å². The van der Waals surface area contributed by atoms with Gasteiger partial charge in [-0.15, -0.1) is 0 Å². The van der Waals surface area contributed by atoms with Crippen LogP contribution in [0.25, 0.3) is 0 Å². The Labute approximate surface area is 121 Å². The molecule has 1 heterocycles. The van der Waals surface area contributed by atoms with Crippen LogP contribution in [0.3, 0.4) is 0 Å². The maximum absolute atomic E-state index is 12.3. The van der Waals surface area contributed by atoms with Gasteiger partial charge in [0, 0.05) is 12.7 Å². The number of rotatable bonds is 6. The van der Waals surface area contributed by atoms with Gasteiger partial charge in [0.2, 0.25) is 10.0 Å². The largest absolute Gasteiger partial charge is 0.465 e. The van der Waals surface area contributed by atoms with Crippen molar-refractivity contribution in [2.45, 2.75) is 18.7 Å². The number of pyridine rings is 1. The number of carbonyl (C=O) groups is 1. The minimum atomic E-state index is -3.93. The van der Waals surface area contributed by atoms with Crippen LogP contribution in [0.4, 0.5) is 0 Å². The number of aromatic amines is 1. The van der Waals surface area contributed by atoms with Crippen LogP contribution in [-0.2, 0) is 19.6 Å². The summed E-state index contributed by atoms with van der Waals surface area (Å²) >= 11 is 5.60. The first-order valence-corrected chi connectivity index (χ1v) is 7.68. The second-order valence-electron chi connectivity index (χ2n) is 3.75. The smallest absolute Gasteiger partial charge is 0.321 e. The van der Waals surface area contributed by atoms with E-state index < -0.39 is 28.1 Å². The first kappa shape index (κ1) is 16.7.